The highest BCUT2D eigenvalue weighted by molar-refractivity contribution is 7.73. The highest BCUT2D eigenvalue weighted by atomic mass is 32.2. The van der Waals surface area contributed by atoms with Crippen LogP contribution in [0, 0.1) is 0 Å². The molecule has 0 amide bonds. The summed E-state index contributed by atoms with van der Waals surface area (Å²) in [5.74, 6) is -1.04. The van der Waals surface area contributed by atoms with Gasteiger partial charge in [-0.2, -0.15) is 8.42 Å². The summed E-state index contributed by atoms with van der Waals surface area (Å²) in [7, 11) is 0.149. The fraction of sp³-hybridized carbons (Fsp3) is 0.333. The van der Waals surface area contributed by atoms with Gasteiger partial charge in [-0.1, -0.05) is 0 Å². The third kappa shape index (κ3) is 2.25. The number of carbonyl (C=O) groups is 1. The van der Waals surface area contributed by atoms with Crippen LogP contribution in [0.5, 0.6) is 0 Å². The van der Waals surface area contributed by atoms with Crippen LogP contribution in [0.2, 0.25) is 0 Å². The largest absolute Gasteiger partial charge is 0.497 e. The predicted octanol–water partition coefficient (Wildman–Crippen LogP) is -0.0430. The van der Waals surface area contributed by atoms with Crippen molar-refractivity contribution in [3.05, 3.63) is 23.2 Å². The number of hydrogen-bond donors (Lipinski definition) is 1. The second kappa shape index (κ2) is 4.84. The van der Waals surface area contributed by atoms with Gasteiger partial charge in [-0.3, -0.25) is 0 Å². The zero-order valence-electron chi connectivity index (χ0n) is 8.68. The fourth-order valence-corrected chi connectivity index (χ4v) is 1.78. The number of carboxylic acids is 1. The molecule has 0 bridgehead atoms. The van der Waals surface area contributed by atoms with Crippen LogP contribution in [0.4, 0.5) is 0 Å². The van der Waals surface area contributed by atoms with Crippen LogP contribution in [0.25, 0.3) is 0 Å². The Hall–Kier alpha value is -1.76. The van der Waals surface area contributed by atoms with Gasteiger partial charge < -0.3 is 14.6 Å². The van der Waals surface area contributed by atoms with Crippen molar-refractivity contribution in [1.82, 2.24) is 0 Å². The van der Waals surface area contributed by atoms with Gasteiger partial charge in [0.05, 0.1) is 19.1 Å². The first-order chi connectivity index (χ1) is 7.51. The first kappa shape index (κ1) is 12.3. The molecule has 1 N–H and O–H groups in total. The lowest BCUT2D eigenvalue weighted by molar-refractivity contribution is -0.132. The van der Waals surface area contributed by atoms with Crippen molar-refractivity contribution in [2.45, 2.75) is 6.42 Å². The molecule has 1 rings (SSSR count). The second-order valence-electron chi connectivity index (χ2n) is 2.90. The number of rotatable bonds is 3. The first-order valence-electron chi connectivity index (χ1n) is 4.22. The molecule has 16 heavy (non-hydrogen) atoms. The average Bonchev–Trinajstić information content (AvgIpc) is 2.26. The van der Waals surface area contributed by atoms with Gasteiger partial charge in [0.2, 0.25) is 10.3 Å². The molecule has 0 saturated heterocycles. The minimum Gasteiger partial charge on any atom is -0.497 e. The Labute approximate surface area is 93.3 Å². The third-order valence-corrected chi connectivity index (χ3v) is 2.72. The molecule has 0 saturated carbocycles. The highest BCUT2D eigenvalue weighted by Crippen LogP contribution is 2.24. The number of carboxylic acid groups (broad SMARTS) is 1. The average molecular weight is 246 g/mol. The van der Waals surface area contributed by atoms with Crippen LogP contribution in [0.15, 0.2) is 23.2 Å². The Morgan fingerprint density at radius 2 is 2.00 bits per heavy atom. The highest BCUT2D eigenvalue weighted by Gasteiger charge is 2.26. The van der Waals surface area contributed by atoms with E-state index in [1.54, 1.807) is 0 Å². The van der Waals surface area contributed by atoms with Crippen LogP contribution in [-0.4, -0.2) is 38.6 Å². The molecule has 0 aliphatic heterocycles. The molecule has 0 aromatic heterocycles. The number of ether oxygens (including phenoxy) is 2. The zero-order valence-corrected chi connectivity index (χ0v) is 9.50. The topological polar surface area (TPSA) is 89.9 Å². The number of allylic oxidation sites excluding steroid dienone is 2. The molecule has 1 aliphatic rings. The lowest BCUT2D eigenvalue weighted by Crippen LogP contribution is -2.17. The Bertz CT molecular complexity index is 500. The predicted molar refractivity (Wildman–Crippen MR) is 55.3 cm³/mol. The summed E-state index contributed by atoms with van der Waals surface area (Å²) in [6.07, 6.45) is 1.05. The van der Waals surface area contributed by atoms with E-state index in [-0.39, 0.29) is 28.4 Å². The Morgan fingerprint density at radius 1 is 1.38 bits per heavy atom. The fourth-order valence-electron chi connectivity index (χ4n) is 1.32. The van der Waals surface area contributed by atoms with Crippen molar-refractivity contribution in [2.75, 3.05) is 14.2 Å². The van der Waals surface area contributed by atoms with E-state index in [0.717, 1.165) is 6.08 Å². The van der Waals surface area contributed by atoms with Gasteiger partial charge in [0.25, 0.3) is 0 Å². The monoisotopic (exact) mass is 246 g/mol. The number of hydrogen-bond acceptors (Lipinski definition) is 5. The molecule has 88 valence electrons. The van der Waals surface area contributed by atoms with E-state index in [1.807, 2.05) is 0 Å². The maximum absolute atomic E-state index is 10.9. The lowest BCUT2D eigenvalue weighted by Gasteiger charge is -2.17. The maximum atomic E-state index is 10.9. The molecular weight excluding hydrogens is 236 g/mol. The minimum atomic E-state index is -2.47. The normalized spacial score (nSPS) is 15.6. The summed E-state index contributed by atoms with van der Waals surface area (Å²) >= 11 is 0. The molecule has 0 unspecified atom stereocenters. The molecular formula is C9H10O6S. The molecule has 0 spiro atoms. The van der Waals surface area contributed by atoms with Crippen molar-refractivity contribution in [1.29, 1.82) is 0 Å². The summed E-state index contributed by atoms with van der Waals surface area (Å²) in [4.78, 5) is 10.9. The maximum Gasteiger partial charge on any atom is 0.339 e. The van der Waals surface area contributed by atoms with E-state index >= 15 is 0 Å². The van der Waals surface area contributed by atoms with Gasteiger partial charge in [-0.05, 0) is 6.08 Å². The Morgan fingerprint density at radius 3 is 2.38 bits per heavy atom. The van der Waals surface area contributed by atoms with Gasteiger partial charge in [0, 0.05) is 6.42 Å². The van der Waals surface area contributed by atoms with Gasteiger partial charge in [0.1, 0.15) is 11.3 Å². The summed E-state index contributed by atoms with van der Waals surface area (Å²) in [5.41, 5.74) is -0.232. The van der Waals surface area contributed by atoms with Gasteiger partial charge >= 0.3 is 5.97 Å². The molecule has 1 aliphatic carbocycles. The van der Waals surface area contributed by atoms with E-state index in [0.29, 0.717) is 0 Å². The number of methoxy groups -OCH3 is 2. The van der Waals surface area contributed by atoms with Crippen molar-refractivity contribution in [3.8, 4) is 0 Å². The van der Waals surface area contributed by atoms with Crippen LogP contribution < -0.4 is 0 Å². The second-order valence-corrected chi connectivity index (χ2v) is 3.90. The molecule has 0 fully saturated rings. The third-order valence-electron chi connectivity index (χ3n) is 2.03. The molecule has 6 nitrogen and oxygen atoms in total. The Balaban J connectivity index is 3.42. The summed E-state index contributed by atoms with van der Waals surface area (Å²) in [6, 6.07) is 0. The molecule has 0 aromatic carbocycles. The zero-order chi connectivity index (χ0) is 12.3. The van der Waals surface area contributed by atoms with E-state index < -0.39 is 16.3 Å². The summed E-state index contributed by atoms with van der Waals surface area (Å²) in [5, 5.41) is 8.90. The van der Waals surface area contributed by atoms with Crippen molar-refractivity contribution < 1.29 is 27.8 Å². The molecule has 0 aromatic rings. The van der Waals surface area contributed by atoms with Gasteiger partial charge in [-0.15, -0.1) is 0 Å². The minimum absolute atomic E-state index is 0.00738. The first-order valence-corrected chi connectivity index (χ1v) is 5.30. The standard InChI is InChI=1S/C9H10O6S/c1-14-7-4-5(16(12)13)3-6(9(10)11)8(7)15-2/h3H,4H2,1-2H3,(H,10,11). The van der Waals surface area contributed by atoms with E-state index in [4.69, 9.17) is 14.6 Å². The quantitative estimate of drug-likeness (QED) is 0.702. The van der Waals surface area contributed by atoms with Crippen LogP contribution in [0.1, 0.15) is 6.42 Å². The van der Waals surface area contributed by atoms with E-state index in [9.17, 15) is 13.2 Å². The molecule has 0 heterocycles. The molecule has 0 radical (unpaired) electrons. The van der Waals surface area contributed by atoms with E-state index in [2.05, 4.69) is 0 Å². The van der Waals surface area contributed by atoms with Gasteiger partial charge in [0.15, 0.2) is 5.76 Å². The van der Waals surface area contributed by atoms with Crippen LogP contribution >= 0.6 is 0 Å². The smallest absolute Gasteiger partial charge is 0.339 e. The lowest BCUT2D eigenvalue weighted by atomic mass is 10.0. The van der Waals surface area contributed by atoms with Gasteiger partial charge in [-0.25, -0.2) is 4.79 Å². The van der Waals surface area contributed by atoms with E-state index in [1.165, 1.54) is 14.2 Å². The van der Waals surface area contributed by atoms with Crippen molar-refractivity contribution >= 4 is 21.1 Å². The van der Waals surface area contributed by atoms with Crippen LogP contribution in [0.3, 0.4) is 0 Å². The van der Waals surface area contributed by atoms with Crippen LogP contribution in [-0.2, 0) is 24.6 Å². The summed E-state index contributed by atoms with van der Waals surface area (Å²) < 4.78 is 31.4. The Kier molecular flexibility index (Phi) is 3.73. The molecule has 0 atom stereocenters. The SMILES string of the molecule is COC1=C(OC)C(C(=O)O)=CC(=S(=O)=O)C1. The van der Waals surface area contributed by atoms with Crippen molar-refractivity contribution in [2.24, 2.45) is 0 Å². The summed E-state index contributed by atoms with van der Waals surface area (Å²) in [6.45, 7) is 0. The van der Waals surface area contributed by atoms with Crippen molar-refractivity contribution in [3.63, 3.8) is 0 Å². The number of aliphatic carboxylic acids is 1. The molecule has 7 heteroatoms.